The van der Waals surface area contributed by atoms with E-state index in [1.165, 1.54) is 28.2 Å². The summed E-state index contributed by atoms with van der Waals surface area (Å²) in [7, 11) is 0. The van der Waals surface area contributed by atoms with Gasteiger partial charge in [-0.05, 0) is 23.6 Å². The van der Waals surface area contributed by atoms with Crippen LogP contribution in [0, 0.1) is 5.82 Å². The SMILES string of the molecule is OCC1O[C@H](Sc2cc(Cl)c(F)c(Cl)c2)C(O)[C@@H](n2cc(-c3cccs3)nn2)[C@H]1O. The Morgan fingerprint density at radius 1 is 1.23 bits per heavy atom. The largest absolute Gasteiger partial charge is 0.394 e. The average molecular weight is 492 g/mol. The van der Waals surface area contributed by atoms with Crippen molar-refractivity contribution < 1.29 is 24.4 Å². The van der Waals surface area contributed by atoms with Crippen LogP contribution in [-0.4, -0.2) is 60.7 Å². The number of nitrogens with zero attached hydrogens (tertiary/aromatic N) is 3. The number of ether oxygens (including phenoxy) is 1. The highest BCUT2D eigenvalue weighted by atomic mass is 35.5. The summed E-state index contributed by atoms with van der Waals surface area (Å²) in [4.78, 5) is 1.35. The van der Waals surface area contributed by atoms with Gasteiger partial charge in [-0.3, -0.25) is 0 Å². The molecule has 2 unspecified atom stereocenters. The second-order valence-corrected chi connectivity index (χ2v) is 9.51. The Balaban J connectivity index is 1.62. The number of benzene rings is 1. The van der Waals surface area contributed by atoms with E-state index in [2.05, 4.69) is 10.3 Å². The maximum Gasteiger partial charge on any atom is 0.160 e. The fraction of sp³-hybridized carbons (Fsp3) is 0.333. The van der Waals surface area contributed by atoms with Crippen molar-refractivity contribution in [2.75, 3.05) is 6.61 Å². The van der Waals surface area contributed by atoms with Gasteiger partial charge in [0, 0.05) is 4.90 Å². The summed E-state index contributed by atoms with van der Waals surface area (Å²) in [6, 6.07) is 5.56. The van der Waals surface area contributed by atoms with Gasteiger partial charge in [0.2, 0.25) is 0 Å². The molecule has 0 amide bonds. The fourth-order valence-corrected chi connectivity index (χ4v) is 5.60. The zero-order valence-corrected chi connectivity index (χ0v) is 18.2. The highest BCUT2D eigenvalue weighted by Crippen LogP contribution is 2.40. The van der Waals surface area contributed by atoms with Gasteiger partial charge in [-0.25, -0.2) is 9.07 Å². The molecule has 1 aliphatic rings. The number of aliphatic hydroxyl groups excluding tert-OH is 3. The standard InChI is InChI=1S/C18H16Cl2FN3O4S2/c19-9-4-8(5-10(20)14(9)21)30-18-17(27)15(16(26)12(7-25)28-18)24-6-11(22-23-24)13-2-1-3-29-13/h1-6,12,15-18,25-27H,7H2/t12?,15-,16-,17?,18+/m0/s1. The zero-order valence-electron chi connectivity index (χ0n) is 15.1. The molecule has 7 nitrogen and oxygen atoms in total. The maximum absolute atomic E-state index is 13.7. The lowest BCUT2D eigenvalue weighted by Gasteiger charge is -2.41. The lowest BCUT2D eigenvalue weighted by Crippen LogP contribution is -2.55. The minimum Gasteiger partial charge on any atom is -0.394 e. The van der Waals surface area contributed by atoms with Crippen molar-refractivity contribution in [1.29, 1.82) is 0 Å². The van der Waals surface area contributed by atoms with Crippen LogP contribution < -0.4 is 0 Å². The van der Waals surface area contributed by atoms with Gasteiger partial charge in [-0.15, -0.1) is 16.4 Å². The molecular formula is C18H16Cl2FN3O4S2. The number of thioether (sulfide) groups is 1. The van der Waals surface area contributed by atoms with E-state index < -0.39 is 42.2 Å². The Bertz CT molecular complexity index is 1000. The molecule has 0 radical (unpaired) electrons. The molecule has 1 aromatic carbocycles. The van der Waals surface area contributed by atoms with Crippen LogP contribution in [0.2, 0.25) is 10.0 Å². The highest BCUT2D eigenvalue weighted by molar-refractivity contribution is 7.99. The van der Waals surface area contributed by atoms with E-state index in [0.717, 1.165) is 16.6 Å². The fourth-order valence-electron chi connectivity index (χ4n) is 3.17. The first-order valence-electron chi connectivity index (χ1n) is 8.78. The van der Waals surface area contributed by atoms with Gasteiger partial charge in [-0.2, -0.15) is 0 Å². The van der Waals surface area contributed by atoms with Crippen molar-refractivity contribution in [2.24, 2.45) is 0 Å². The van der Waals surface area contributed by atoms with Crippen molar-refractivity contribution >= 4 is 46.3 Å². The maximum atomic E-state index is 13.7. The molecule has 12 heteroatoms. The highest BCUT2D eigenvalue weighted by Gasteiger charge is 2.46. The molecular weight excluding hydrogens is 476 g/mol. The van der Waals surface area contributed by atoms with E-state index in [1.54, 1.807) is 6.20 Å². The molecule has 160 valence electrons. The van der Waals surface area contributed by atoms with Crippen molar-refractivity contribution in [3.05, 3.63) is 51.7 Å². The van der Waals surface area contributed by atoms with Gasteiger partial charge in [0.1, 0.15) is 35.5 Å². The molecule has 1 fully saturated rings. The summed E-state index contributed by atoms with van der Waals surface area (Å²) < 4.78 is 20.7. The predicted molar refractivity (Wildman–Crippen MR) is 112 cm³/mol. The summed E-state index contributed by atoms with van der Waals surface area (Å²) in [6.07, 6.45) is -1.82. The van der Waals surface area contributed by atoms with E-state index >= 15 is 0 Å². The van der Waals surface area contributed by atoms with E-state index in [0.29, 0.717) is 10.6 Å². The number of halogens is 3. The lowest BCUT2D eigenvalue weighted by molar-refractivity contribution is -0.178. The third kappa shape index (κ3) is 4.23. The zero-order chi connectivity index (χ0) is 21.4. The third-order valence-corrected chi connectivity index (χ3v) is 7.22. The molecule has 1 saturated heterocycles. The summed E-state index contributed by atoms with van der Waals surface area (Å²) in [6.45, 7) is -0.473. The van der Waals surface area contributed by atoms with Crippen LogP contribution in [0.1, 0.15) is 6.04 Å². The molecule has 4 rings (SSSR count). The van der Waals surface area contributed by atoms with Gasteiger partial charge in [-0.1, -0.05) is 46.2 Å². The Morgan fingerprint density at radius 3 is 2.60 bits per heavy atom. The first kappa shape index (κ1) is 22.0. The second-order valence-electron chi connectivity index (χ2n) is 6.58. The minimum absolute atomic E-state index is 0.164. The van der Waals surface area contributed by atoms with Crippen LogP contribution in [-0.2, 0) is 4.74 Å². The van der Waals surface area contributed by atoms with Crippen molar-refractivity contribution in [1.82, 2.24) is 15.0 Å². The molecule has 30 heavy (non-hydrogen) atoms. The number of aromatic nitrogens is 3. The number of hydrogen-bond donors (Lipinski definition) is 3. The molecule has 2 aromatic heterocycles. The molecule has 0 spiro atoms. The van der Waals surface area contributed by atoms with Crippen LogP contribution in [0.25, 0.3) is 10.6 Å². The quantitative estimate of drug-likeness (QED) is 0.471. The van der Waals surface area contributed by atoms with Crippen LogP contribution >= 0.6 is 46.3 Å². The van der Waals surface area contributed by atoms with E-state index in [9.17, 15) is 19.7 Å². The number of hydrogen-bond acceptors (Lipinski definition) is 8. The summed E-state index contributed by atoms with van der Waals surface area (Å²) >= 11 is 14.2. The van der Waals surface area contributed by atoms with Crippen LogP contribution in [0.3, 0.4) is 0 Å². The van der Waals surface area contributed by atoms with Crippen molar-refractivity contribution in [2.45, 2.75) is 34.7 Å². The summed E-state index contributed by atoms with van der Waals surface area (Å²) in [5.41, 5.74) is -0.319. The molecule has 3 N–H and O–H groups in total. The molecule has 3 heterocycles. The number of rotatable bonds is 5. The van der Waals surface area contributed by atoms with Gasteiger partial charge in [0.15, 0.2) is 5.82 Å². The van der Waals surface area contributed by atoms with Gasteiger partial charge >= 0.3 is 0 Å². The Labute approximate surface area is 189 Å². The Kier molecular flexibility index (Phi) is 6.66. The van der Waals surface area contributed by atoms with Crippen LogP contribution in [0.4, 0.5) is 4.39 Å². The number of thiophene rings is 1. The lowest BCUT2D eigenvalue weighted by atomic mass is 9.97. The minimum atomic E-state index is -1.24. The summed E-state index contributed by atoms with van der Waals surface area (Å²) in [5.74, 6) is -0.738. The van der Waals surface area contributed by atoms with E-state index in [1.807, 2.05) is 17.5 Å². The predicted octanol–water partition coefficient (Wildman–Crippen LogP) is 3.22. The molecule has 3 aromatic rings. The Hall–Kier alpha value is -1.24. The topological polar surface area (TPSA) is 101 Å². The first-order chi connectivity index (χ1) is 14.4. The van der Waals surface area contributed by atoms with Gasteiger partial charge in [0.25, 0.3) is 0 Å². The number of aliphatic hydroxyl groups is 3. The Morgan fingerprint density at radius 2 is 1.97 bits per heavy atom. The van der Waals surface area contributed by atoms with Gasteiger partial charge < -0.3 is 20.1 Å². The average Bonchev–Trinajstić information content (AvgIpc) is 3.40. The molecule has 5 atom stereocenters. The smallest absolute Gasteiger partial charge is 0.160 e. The van der Waals surface area contributed by atoms with E-state index in [4.69, 9.17) is 27.9 Å². The molecule has 1 aliphatic heterocycles. The molecule has 0 bridgehead atoms. The van der Waals surface area contributed by atoms with Crippen LogP contribution in [0.15, 0.2) is 40.7 Å². The first-order valence-corrected chi connectivity index (χ1v) is 11.3. The van der Waals surface area contributed by atoms with Crippen LogP contribution in [0.5, 0.6) is 0 Å². The van der Waals surface area contributed by atoms with E-state index in [-0.39, 0.29) is 10.0 Å². The molecule has 0 saturated carbocycles. The molecule has 0 aliphatic carbocycles. The second kappa shape index (κ2) is 9.09. The van der Waals surface area contributed by atoms with Crippen molar-refractivity contribution in [3.63, 3.8) is 0 Å². The summed E-state index contributed by atoms with van der Waals surface area (Å²) in [5, 5.41) is 41.0. The van der Waals surface area contributed by atoms with Crippen molar-refractivity contribution in [3.8, 4) is 10.6 Å². The normalized spacial score (nSPS) is 26.8. The third-order valence-electron chi connectivity index (χ3n) is 4.65. The van der Waals surface area contributed by atoms with Gasteiger partial charge in [0.05, 0.1) is 27.7 Å². The monoisotopic (exact) mass is 491 g/mol.